The monoisotopic (exact) mass is 445 g/mol. The largest absolute Gasteiger partial charge is 0.480 e. The third kappa shape index (κ3) is 3.46. The number of Topliss-reactive ketones (excluding diaryl/α,β-unsaturated/α-hetero) is 1. The summed E-state index contributed by atoms with van der Waals surface area (Å²) in [6.07, 6.45) is 1.02. The van der Waals surface area contributed by atoms with Crippen molar-refractivity contribution in [2.24, 2.45) is 0 Å². The highest BCUT2D eigenvalue weighted by molar-refractivity contribution is 7.80. The van der Waals surface area contributed by atoms with Crippen molar-refractivity contribution in [3.05, 3.63) is 108 Å². The van der Waals surface area contributed by atoms with Gasteiger partial charge in [0.2, 0.25) is 0 Å². The van der Waals surface area contributed by atoms with Crippen LogP contribution < -0.4 is 0 Å². The van der Waals surface area contributed by atoms with E-state index in [-0.39, 0.29) is 18.6 Å². The highest BCUT2D eigenvalue weighted by Crippen LogP contribution is 2.49. The summed E-state index contributed by atoms with van der Waals surface area (Å²) in [6.45, 7) is 0.489. The maximum atomic E-state index is 13.5. The Morgan fingerprint density at radius 1 is 0.844 bits per heavy atom. The molecule has 0 saturated carbocycles. The summed E-state index contributed by atoms with van der Waals surface area (Å²) < 4.78 is 0. The number of benzene rings is 3. The smallest absolute Gasteiger partial charge is 0.331 e. The fraction of sp³-hybridized carbons (Fsp3) is 0.259. The quantitative estimate of drug-likeness (QED) is 0.297. The van der Waals surface area contributed by atoms with Crippen LogP contribution in [0.15, 0.2) is 91.0 Å². The number of rotatable bonds is 8. The lowest BCUT2D eigenvalue weighted by Crippen LogP contribution is -2.64. The summed E-state index contributed by atoms with van der Waals surface area (Å²) in [4.78, 5) is 28.3. The zero-order valence-corrected chi connectivity index (χ0v) is 18.7. The van der Waals surface area contributed by atoms with Crippen LogP contribution in [-0.2, 0) is 15.1 Å². The Morgan fingerprint density at radius 3 is 1.66 bits per heavy atom. The Morgan fingerprint density at radius 2 is 1.28 bits per heavy atom. The lowest BCUT2D eigenvalue weighted by molar-refractivity contribution is -0.158. The van der Waals surface area contributed by atoms with Crippen molar-refractivity contribution in [3.63, 3.8) is 0 Å². The van der Waals surface area contributed by atoms with Crippen molar-refractivity contribution in [1.29, 1.82) is 0 Å². The van der Waals surface area contributed by atoms with E-state index in [2.05, 4.69) is 12.6 Å². The summed E-state index contributed by atoms with van der Waals surface area (Å²) in [5.41, 5.74) is 0.241. The van der Waals surface area contributed by atoms with Gasteiger partial charge in [0.05, 0.1) is 5.54 Å². The third-order valence-electron chi connectivity index (χ3n) is 6.51. The van der Waals surface area contributed by atoms with E-state index in [0.717, 1.165) is 16.7 Å². The fourth-order valence-electron chi connectivity index (χ4n) is 5.22. The molecular formula is C27H27NO3S. The fourth-order valence-corrected chi connectivity index (χ4v) is 5.42. The molecule has 3 aromatic rings. The van der Waals surface area contributed by atoms with Gasteiger partial charge in [0.1, 0.15) is 0 Å². The predicted molar refractivity (Wildman–Crippen MR) is 129 cm³/mol. The molecule has 32 heavy (non-hydrogen) atoms. The van der Waals surface area contributed by atoms with E-state index in [4.69, 9.17) is 0 Å². The van der Waals surface area contributed by atoms with Crippen LogP contribution in [0.25, 0.3) is 0 Å². The van der Waals surface area contributed by atoms with Crippen LogP contribution in [-0.4, -0.2) is 39.6 Å². The molecule has 0 unspecified atom stereocenters. The molecule has 5 heteroatoms. The summed E-state index contributed by atoms with van der Waals surface area (Å²) >= 11 is 4.24. The van der Waals surface area contributed by atoms with Gasteiger partial charge in [-0.3, -0.25) is 9.69 Å². The zero-order valence-electron chi connectivity index (χ0n) is 17.9. The van der Waals surface area contributed by atoms with Gasteiger partial charge >= 0.3 is 5.97 Å². The Hall–Kier alpha value is -2.89. The molecule has 0 spiro atoms. The first-order chi connectivity index (χ1) is 15.6. The van der Waals surface area contributed by atoms with Crippen molar-refractivity contribution in [2.45, 2.75) is 30.3 Å². The minimum atomic E-state index is -1.62. The second-order valence-corrected chi connectivity index (χ2v) is 8.57. The number of thiol groups is 1. The lowest BCUT2D eigenvalue weighted by Gasteiger charge is -2.49. The molecule has 1 fully saturated rings. The average Bonchev–Trinajstić information content (AvgIpc) is 3.29. The number of hydrogen-bond donors (Lipinski definition) is 2. The summed E-state index contributed by atoms with van der Waals surface area (Å²) in [5.74, 6) is -1.06. The third-order valence-corrected chi connectivity index (χ3v) is 6.74. The Bertz CT molecular complexity index is 975. The molecule has 1 saturated heterocycles. The minimum Gasteiger partial charge on any atom is -0.480 e. The average molecular weight is 446 g/mol. The molecule has 0 bridgehead atoms. The van der Waals surface area contributed by atoms with E-state index in [0.29, 0.717) is 18.7 Å². The van der Waals surface area contributed by atoms with Crippen LogP contribution in [0.1, 0.15) is 36.0 Å². The number of aliphatic carboxylic acids is 1. The first kappa shape index (κ1) is 22.3. The van der Waals surface area contributed by atoms with Crippen LogP contribution in [0, 0.1) is 0 Å². The molecule has 164 valence electrons. The van der Waals surface area contributed by atoms with E-state index in [1.165, 1.54) is 0 Å². The molecule has 3 aromatic carbocycles. The Kier molecular flexibility index (Phi) is 6.49. The van der Waals surface area contributed by atoms with Gasteiger partial charge in [0, 0.05) is 13.0 Å². The number of ketones is 1. The second-order valence-electron chi connectivity index (χ2n) is 8.13. The molecule has 0 amide bonds. The molecule has 4 nitrogen and oxygen atoms in total. The van der Waals surface area contributed by atoms with Gasteiger partial charge in [-0.15, -0.1) is 0 Å². The first-order valence-electron chi connectivity index (χ1n) is 10.9. The zero-order chi connectivity index (χ0) is 22.6. The summed E-state index contributed by atoms with van der Waals surface area (Å²) in [6, 6.07) is 29.8. The highest BCUT2D eigenvalue weighted by Gasteiger charge is 2.61. The van der Waals surface area contributed by atoms with Crippen molar-refractivity contribution < 1.29 is 14.7 Å². The molecule has 0 aromatic heterocycles. The SMILES string of the molecule is O=C(O)[C@]1(C(=O)CCS)CCCN1C(c1ccccc1)(c1ccccc1)c1ccccc1. The first-order valence-corrected chi connectivity index (χ1v) is 11.5. The molecule has 4 rings (SSSR count). The van der Waals surface area contributed by atoms with E-state index in [1.807, 2.05) is 95.9 Å². The van der Waals surface area contributed by atoms with Crippen molar-refractivity contribution in [3.8, 4) is 0 Å². The number of carboxylic acids is 1. The number of carbonyl (C=O) groups excluding carboxylic acids is 1. The van der Waals surface area contributed by atoms with Gasteiger partial charge < -0.3 is 5.11 Å². The maximum Gasteiger partial charge on any atom is 0.331 e. The standard InChI is InChI=1S/C27H27NO3S/c29-24(17-20-32)26(25(30)31)18-10-19-28(26)27(21-11-4-1-5-12-21,22-13-6-2-7-14-22)23-15-8-3-9-16-23/h1-9,11-16,32H,10,17-20H2,(H,30,31)/t26-/m1/s1. The minimum absolute atomic E-state index is 0.111. The Balaban J connectivity index is 2.10. The van der Waals surface area contributed by atoms with Crippen LogP contribution in [0.3, 0.4) is 0 Å². The van der Waals surface area contributed by atoms with Crippen LogP contribution in [0.4, 0.5) is 0 Å². The topological polar surface area (TPSA) is 57.6 Å². The van der Waals surface area contributed by atoms with Crippen LogP contribution in [0.5, 0.6) is 0 Å². The Labute approximate surface area is 194 Å². The van der Waals surface area contributed by atoms with Gasteiger partial charge in [0.15, 0.2) is 11.3 Å². The molecule has 1 aliphatic heterocycles. The second kappa shape index (κ2) is 9.31. The van der Waals surface area contributed by atoms with E-state index < -0.39 is 17.0 Å². The van der Waals surface area contributed by atoms with Crippen molar-refractivity contribution >= 4 is 24.4 Å². The molecule has 1 atom stereocenters. The van der Waals surface area contributed by atoms with Gasteiger partial charge in [-0.05, 0) is 35.3 Å². The lowest BCUT2D eigenvalue weighted by atomic mass is 9.72. The summed E-state index contributed by atoms with van der Waals surface area (Å²) in [7, 11) is 0. The number of carboxylic acid groups (broad SMARTS) is 1. The molecule has 1 aliphatic rings. The molecule has 1 heterocycles. The van der Waals surface area contributed by atoms with Crippen LogP contribution >= 0.6 is 12.6 Å². The van der Waals surface area contributed by atoms with Gasteiger partial charge in [-0.25, -0.2) is 4.79 Å². The van der Waals surface area contributed by atoms with Crippen LogP contribution in [0.2, 0.25) is 0 Å². The van der Waals surface area contributed by atoms with Crippen molar-refractivity contribution in [1.82, 2.24) is 4.90 Å². The molecule has 1 N–H and O–H groups in total. The normalized spacial score (nSPS) is 19.0. The van der Waals surface area contributed by atoms with Gasteiger partial charge in [-0.1, -0.05) is 91.0 Å². The molecular weight excluding hydrogens is 418 g/mol. The number of hydrogen-bond acceptors (Lipinski definition) is 4. The van der Waals surface area contributed by atoms with Gasteiger partial charge in [0.25, 0.3) is 0 Å². The van der Waals surface area contributed by atoms with E-state index in [1.54, 1.807) is 0 Å². The summed E-state index contributed by atoms with van der Waals surface area (Å²) in [5, 5.41) is 10.5. The highest BCUT2D eigenvalue weighted by atomic mass is 32.1. The predicted octanol–water partition coefficient (Wildman–Crippen LogP) is 4.79. The van der Waals surface area contributed by atoms with Crippen molar-refractivity contribution in [2.75, 3.05) is 12.3 Å². The van der Waals surface area contributed by atoms with Gasteiger partial charge in [-0.2, -0.15) is 12.6 Å². The number of nitrogens with zero attached hydrogens (tertiary/aromatic N) is 1. The molecule has 0 radical (unpaired) electrons. The molecule has 0 aliphatic carbocycles. The van der Waals surface area contributed by atoms with E-state index >= 15 is 0 Å². The number of carbonyl (C=O) groups is 2. The van der Waals surface area contributed by atoms with E-state index in [9.17, 15) is 14.7 Å². The maximum absolute atomic E-state index is 13.5. The number of likely N-dealkylation sites (tertiary alicyclic amines) is 1.